The Labute approximate surface area is 114 Å². The zero-order chi connectivity index (χ0) is 12.7. The van der Waals surface area contributed by atoms with E-state index in [1.807, 2.05) is 37.3 Å². The third kappa shape index (κ3) is 6.59. The molecule has 0 radical (unpaired) electrons. The molecule has 0 saturated carbocycles. The van der Waals surface area contributed by atoms with Crippen molar-refractivity contribution in [1.82, 2.24) is 0 Å². The Hall–Kier alpha value is -1.10. The van der Waals surface area contributed by atoms with Gasteiger partial charge in [0.15, 0.2) is 0 Å². The van der Waals surface area contributed by atoms with Crippen LogP contribution >= 0.6 is 12.4 Å². The number of carbonyl (C=O) groups is 1. The fraction of sp³-hybridized carbons (Fsp3) is 0.462. The van der Waals surface area contributed by atoms with Gasteiger partial charge in [0.25, 0.3) is 0 Å². The Balaban J connectivity index is 0.00000289. The molecule has 102 valence electrons. The summed E-state index contributed by atoms with van der Waals surface area (Å²) in [5.41, 5.74) is 12.1. The normalized spacial score (nSPS) is 13.4. The van der Waals surface area contributed by atoms with Gasteiger partial charge in [-0.3, -0.25) is 4.79 Å². The first-order valence-electron chi connectivity index (χ1n) is 5.79. The van der Waals surface area contributed by atoms with E-state index in [-0.39, 0.29) is 30.5 Å². The van der Waals surface area contributed by atoms with Crippen LogP contribution in [0.3, 0.4) is 0 Å². The molecule has 0 aliphatic heterocycles. The van der Waals surface area contributed by atoms with Crippen molar-refractivity contribution in [1.29, 1.82) is 0 Å². The summed E-state index contributed by atoms with van der Waals surface area (Å²) in [6.07, 6.45) is 0.778. The second-order valence-electron chi connectivity index (χ2n) is 4.17. The highest BCUT2D eigenvalue weighted by Gasteiger charge is 2.14. The zero-order valence-corrected chi connectivity index (χ0v) is 11.4. The number of hydrogen-bond donors (Lipinski definition) is 2. The molecule has 2 atom stereocenters. The number of primary amides is 1. The van der Waals surface area contributed by atoms with Crippen LogP contribution in [0.5, 0.6) is 0 Å². The molecule has 1 amide bonds. The van der Waals surface area contributed by atoms with Gasteiger partial charge in [0, 0.05) is 12.5 Å². The molecular formula is C13H21ClN2O2. The van der Waals surface area contributed by atoms with Crippen LogP contribution in [0.15, 0.2) is 30.3 Å². The first-order valence-corrected chi connectivity index (χ1v) is 5.79. The van der Waals surface area contributed by atoms with Crippen molar-refractivity contribution in [2.75, 3.05) is 0 Å². The fourth-order valence-corrected chi connectivity index (χ4v) is 1.47. The van der Waals surface area contributed by atoms with Crippen LogP contribution in [0, 0.1) is 0 Å². The number of rotatable bonds is 7. The van der Waals surface area contributed by atoms with Gasteiger partial charge in [-0.15, -0.1) is 12.4 Å². The first kappa shape index (κ1) is 16.9. The molecule has 1 aromatic rings. The maximum Gasteiger partial charge on any atom is 0.217 e. The van der Waals surface area contributed by atoms with Gasteiger partial charge < -0.3 is 16.2 Å². The van der Waals surface area contributed by atoms with Gasteiger partial charge in [-0.25, -0.2) is 0 Å². The van der Waals surface area contributed by atoms with Crippen molar-refractivity contribution in [3.05, 3.63) is 35.9 Å². The van der Waals surface area contributed by atoms with E-state index in [9.17, 15) is 4.79 Å². The van der Waals surface area contributed by atoms with Crippen LogP contribution in [0.1, 0.15) is 25.3 Å². The van der Waals surface area contributed by atoms with Crippen LogP contribution in [-0.4, -0.2) is 18.1 Å². The Bertz CT molecular complexity index is 346. The summed E-state index contributed by atoms with van der Waals surface area (Å²) in [7, 11) is 0. The molecule has 5 heteroatoms. The van der Waals surface area contributed by atoms with E-state index in [1.54, 1.807) is 0 Å². The molecule has 18 heavy (non-hydrogen) atoms. The molecular weight excluding hydrogens is 252 g/mol. The van der Waals surface area contributed by atoms with E-state index >= 15 is 0 Å². The van der Waals surface area contributed by atoms with Gasteiger partial charge in [-0.05, 0) is 18.9 Å². The lowest BCUT2D eigenvalue weighted by atomic mass is 10.1. The maximum atomic E-state index is 10.6. The van der Waals surface area contributed by atoms with Gasteiger partial charge in [-0.1, -0.05) is 30.3 Å². The lowest BCUT2D eigenvalue weighted by Crippen LogP contribution is -2.35. The number of amides is 1. The molecule has 0 spiro atoms. The van der Waals surface area contributed by atoms with Crippen molar-refractivity contribution in [3.8, 4) is 0 Å². The van der Waals surface area contributed by atoms with E-state index in [0.717, 1.165) is 5.56 Å². The van der Waals surface area contributed by atoms with Gasteiger partial charge in [0.1, 0.15) is 0 Å². The van der Waals surface area contributed by atoms with Gasteiger partial charge in [-0.2, -0.15) is 0 Å². The Morgan fingerprint density at radius 3 is 2.50 bits per heavy atom. The number of ether oxygens (including phenoxy) is 1. The third-order valence-electron chi connectivity index (χ3n) is 2.68. The van der Waals surface area contributed by atoms with Crippen LogP contribution < -0.4 is 11.5 Å². The molecule has 0 aromatic heterocycles. The number of carbonyl (C=O) groups excluding carboxylic acids is 1. The molecule has 0 fully saturated rings. The average Bonchev–Trinajstić information content (AvgIpc) is 2.34. The predicted molar refractivity (Wildman–Crippen MR) is 74.3 cm³/mol. The van der Waals surface area contributed by atoms with E-state index in [1.165, 1.54) is 0 Å². The standard InChI is InChI=1S/C13H20N2O2.ClH/c1-10(12(14)7-8-13(15)16)17-9-11-5-3-2-4-6-11;/h2-6,10,12H,7-9,14H2,1H3,(H2,15,16);1H/t10-,12+;/m1./s1. The summed E-state index contributed by atoms with van der Waals surface area (Å²) in [5.74, 6) is -0.323. The van der Waals surface area contributed by atoms with Gasteiger partial charge >= 0.3 is 0 Å². The smallest absolute Gasteiger partial charge is 0.217 e. The molecule has 0 saturated heterocycles. The minimum Gasteiger partial charge on any atom is -0.372 e. The highest BCUT2D eigenvalue weighted by Crippen LogP contribution is 2.07. The maximum absolute atomic E-state index is 10.6. The summed E-state index contributed by atoms with van der Waals surface area (Å²) in [6, 6.07) is 9.74. The summed E-state index contributed by atoms with van der Waals surface area (Å²) < 4.78 is 5.64. The molecule has 1 aromatic carbocycles. The van der Waals surface area contributed by atoms with E-state index in [0.29, 0.717) is 19.4 Å². The summed E-state index contributed by atoms with van der Waals surface area (Å²) in [5, 5.41) is 0. The van der Waals surface area contributed by atoms with Crippen LogP contribution in [0.25, 0.3) is 0 Å². The van der Waals surface area contributed by atoms with Crippen molar-refractivity contribution >= 4 is 18.3 Å². The first-order chi connectivity index (χ1) is 8.09. The van der Waals surface area contributed by atoms with Crippen molar-refractivity contribution < 1.29 is 9.53 Å². The van der Waals surface area contributed by atoms with Crippen molar-refractivity contribution in [2.45, 2.75) is 38.5 Å². The summed E-state index contributed by atoms with van der Waals surface area (Å²) in [6.45, 7) is 2.45. The number of halogens is 1. The van der Waals surface area contributed by atoms with Gasteiger partial charge in [0.05, 0.1) is 12.7 Å². The minimum absolute atomic E-state index is 0. The van der Waals surface area contributed by atoms with Crippen molar-refractivity contribution in [2.24, 2.45) is 11.5 Å². The zero-order valence-electron chi connectivity index (χ0n) is 10.5. The summed E-state index contributed by atoms with van der Waals surface area (Å²) in [4.78, 5) is 10.6. The molecule has 0 bridgehead atoms. The van der Waals surface area contributed by atoms with Crippen LogP contribution in [0.4, 0.5) is 0 Å². The van der Waals surface area contributed by atoms with Gasteiger partial charge in [0.2, 0.25) is 5.91 Å². The summed E-state index contributed by atoms with van der Waals surface area (Å²) >= 11 is 0. The lowest BCUT2D eigenvalue weighted by Gasteiger charge is -2.20. The Kier molecular flexibility index (Phi) is 8.37. The Morgan fingerprint density at radius 1 is 1.33 bits per heavy atom. The molecule has 0 heterocycles. The highest BCUT2D eigenvalue weighted by molar-refractivity contribution is 5.85. The minimum atomic E-state index is -0.323. The number of hydrogen-bond acceptors (Lipinski definition) is 3. The fourth-order valence-electron chi connectivity index (χ4n) is 1.47. The van der Waals surface area contributed by atoms with Crippen molar-refractivity contribution in [3.63, 3.8) is 0 Å². The lowest BCUT2D eigenvalue weighted by molar-refractivity contribution is -0.118. The second kappa shape index (κ2) is 8.91. The quantitative estimate of drug-likeness (QED) is 0.791. The predicted octanol–water partition coefficient (Wildman–Crippen LogP) is 1.61. The van der Waals surface area contributed by atoms with Crippen LogP contribution in [0.2, 0.25) is 0 Å². The molecule has 4 nitrogen and oxygen atoms in total. The van der Waals surface area contributed by atoms with E-state index in [4.69, 9.17) is 16.2 Å². The van der Waals surface area contributed by atoms with Crippen LogP contribution in [-0.2, 0) is 16.1 Å². The monoisotopic (exact) mass is 272 g/mol. The number of nitrogens with two attached hydrogens (primary N) is 2. The molecule has 1 rings (SSSR count). The topological polar surface area (TPSA) is 78.3 Å². The average molecular weight is 273 g/mol. The Morgan fingerprint density at radius 2 is 1.94 bits per heavy atom. The molecule has 0 aliphatic carbocycles. The number of benzene rings is 1. The highest BCUT2D eigenvalue weighted by atomic mass is 35.5. The molecule has 0 aliphatic rings. The largest absolute Gasteiger partial charge is 0.372 e. The third-order valence-corrected chi connectivity index (χ3v) is 2.68. The molecule has 4 N–H and O–H groups in total. The van der Waals surface area contributed by atoms with E-state index < -0.39 is 0 Å². The van der Waals surface area contributed by atoms with E-state index in [2.05, 4.69) is 0 Å². The SMILES string of the molecule is C[C@@H](OCc1ccccc1)[C@@H](N)CCC(N)=O.Cl. The molecule has 0 unspecified atom stereocenters. The second-order valence-corrected chi connectivity index (χ2v) is 4.17.